The van der Waals surface area contributed by atoms with Crippen molar-refractivity contribution in [3.8, 4) is 0 Å². The second kappa shape index (κ2) is 3.98. The minimum atomic E-state index is 0.436. The molecular weight excluding hydrogens is 200 g/mol. The average molecular weight is 211 g/mol. The smallest absolute Gasteiger partial charge is 0.180 e. The fourth-order valence-corrected chi connectivity index (χ4v) is 1.56. The highest BCUT2D eigenvalue weighted by Gasteiger charge is 2.05. The van der Waals surface area contributed by atoms with Gasteiger partial charge in [-0.1, -0.05) is 22.8 Å². The van der Waals surface area contributed by atoms with E-state index in [1.807, 2.05) is 25.2 Å². The van der Waals surface area contributed by atoms with Crippen molar-refractivity contribution in [1.29, 1.82) is 0 Å². The largest absolute Gasteiger partial charge is 0.355 e. The summed E-state index contributed by atoms with van der Waals surface area (Å²) in [6, 6.07) is 5.95. The number of rotatable bonds is 3. The Morgan fingerprint density at radius 1 is 1.50 bits per heavy atom. The van der Waals surface area contributed by atoms with Gasteiger partial charge >= 0.3 is 0 Å². The molecule has 0 fully saturated rings. The first-order valence-corrected chi connectivity index (χ1v) is 4.87. The molecule has 0 bridgehead atoms. The van der Waals surface area contributed by atoms with Crippen molar-refractivity contribution in [3.05, 3.63) is 28.9 Å². The SMILES string of the molecule is CNCCc1ccc2onc(Cl)c2c1. The van der Waals surface area contributed by atoms with Gasteiger partial charge in [-0.05, 0) is 37.7 Å². The molecule has 2 rings (SSSR count). The van der Waals surface area contributed by atoms with Crippen LogP contribution in [0, 0.1) is 0 Å². The summed E-state index contributed by atoms with van der Waals surface area (Å²) in [7, 11) is 1.94. The lowest BCUT2D eigenvalue weighted by Crippen LogP contribution is -2.10. The molecular formula is C10H11ClN2O. The second-order valence-electron chi connectivity index (χ2n) is 3.16. The summed E-state index contributed by atoms with van der Waals surface area (Å²) in [5, 5.41) is 8.12. The van der Waals surface area contributed by atoms with Crippen molar-refractivity contribution in [2.24, 2.45) is 0 Å². The van der Waals surface area contributed by atoms with Crippen molar-refractivity contribution in [2.75, 3.05) is 13.6 Å². The van der Waals surface area contributed by atoms with E-state index in [0.717, 1.165) is 23.9 Å². The van der Waals surface area contributed by atoms with E-state index in [2.05, 4.69) is 10.5 Å². The molecule has 0 saturated heterocycles. The monoisotopic (exact) mass is 210 g/mol. The summed E-state index contributed by atoms with van der Waals surface area (Å²) in [5.41, 5.74) is 1.97. The summed E-state index contributed by atoms with van der Waals surface area (Å²) in [6.07, 6.45) is 0.980. The molecule has 0 saturated carbocycles. The number of halogens is 1. The van der Waals surface area contributed by atoms with Gasteiger partial charge in [0.2, 0.25) is 0 Å². The molecule has 0 aliphatic rings. The zero-order chi connectivity index (χ0) is 9.97. The molecule has 0 amide bonds. The summed E-state index contributed by atoms with van der Waals surface area (Å²) in [5.74, 6) is 0. The number of fused-ring (bicyclic) bond motifs is 1. The van der Waals surface area contributed by atoms with Gasteiger partial charge in [0.1, 0.15) is 0 Å². The minimum Gasteiger partial charge on any atom is -0.355 e. The van der Waals surface area contributed by atoms with Crippen LogP contribution in [0.25, 0.3) is 11.0 Å². The minimum absolute atomic E-state index is 0.436. The number of hydrogen-bond acceptors (Lipinski definition) is 3. The summed E-state index contributed by atoms with van der Waals surface area (Å²) < 4.78 is 5.01. The maximum absolute atomic E-state index is 5.86. The van der Waals surface area contributed by atoms with Crippen LogP contribution in [0.15, 0.2) is 22.7 Å². The quantitative estimate of drug-likeness (QED) is 0.845. The maximum Gasteiger partial charge on any atom is 0.180 e. The van der Waals surface area contributed by atoms with E-state index >= 15 is 0 Å². The Labute approximate surface area is 87.0 Å². The first-order valence-electron chi connectivity index (χ1n) is 4.49. The van der Waals surface area contributed by atoms with Crippen LogP contribution >= 0.6 is 11.6 Å². The Balaban J connectivity index is 2.34. The highest BCUT2D eigenvalue weighted by molar-refractivity contribution is 6.34. The fraction of sp³-hybridized carbons (Fsp3) is 0.300. The Kier molecular flexibility index (Phi) is 2.70. The van der Waals surface area contributed by atoms with Gasteiger partial charge in [-0.15, -0.1) is 0 Å². The standard InChI is InChI=1S/C10H11ClN2O/c1-12-5-4-7-2-3-9-8(6-7)10(11)13-14-9/h2-3,6,12H,4-5H2,1H3. The van der Waals surface area contributed by atoms with Crippen LogP contribution in [0.5, 0.6) is 0 Å². The van der Waals surface area contributed by atoms with Crippen molar-refractivity contribution in [1.82, 2.24) is 10.5 Å². The lowest BCUT2D eigenvalue weighted by molar-refractivity contribution is 0.457. The zero-order valence-electron chi connectivity index (χ0n) is 7.88. The van der Waals surface area contributed by atoms with Gasteiger partial charge in [0.25, 0.3) is 0 Å². The molecule has 4 heteroatoms. The van der Waals surface area contributed by atoms with E-state index < -0.39 is 0 Å². The lowest BCUT2D eigenvalue weighted by Gasteiger charge is -1.99. The molecule has 2 aromatic rings. The zero-order valence-corrected chi connectivity index (χ0v) is 8.64. The number of nitrogens with one attached hydrogen (secondary N) is 1. The van der Waals surface area contributed by atoms with Gasteiger partial charge < -0.3 is 9.84 Å². The van der Waals surface area contributed by atoms with Crippen molar-refractivity contribution < 1.29 is 4.52 Å². The Morgan fingerprint density at radius 3 is 3.14 bits per heavy atom. The van der Waals surface area contributed by atoms with Crippen LogP contribution in [-0.2, 0) is 6.42 Å². The van der Waals surface area contributed by atoms with Crippen molar-refractivity contribution >= 4 is 22.6 Å². The average Bonchev–Trinajstić information content (AvgIpc) is 2.57. The number of hydrogen-bond donors (Lipinski definition) is 1. The van der Waals surface area contributed by atoms with E-state index in [4.69, 9.17) is 16.1 Å². The van der Waals surface area contributed by atoms with E-state index in [9.17, 15) is 0 Å². The van der Waals surface area contributed by atoms with Crippen molar-refractivity contribution in [3.63, 3.8) is 0 Å². The predicted octanol–water partition coefficient (Wildman–Crippen LogP) is 2.24. The molecule has 0 aliphatic heterocycles. The Bertz CT molecular complexity index is 439. The van der Waals surface area contributed by atoms with Crippen LogP contribution in [0.2, 0.25) is 5.15 Å². The number of aromatic nitrogens is 1. The molecule has 0 aliphatic carbocycles. The fourth-order valence-electron chi connectivity index (χ4n) is 1.38. The first-order chi connectivity index (χ1) is 6.81. The van der Waals surface area contributed by atoms with Gasteiger partial charge in [-0.2, -0.15) is 0 Å². The van der Waals surface area contributed by atoms with Gasteiger partial charge in [0, 0.05) is 0 Å². The molecule has 14 heavy (non-hydrogen) atoms. The van der Waals surface area contributed by atoms with Crippen LogP contribution < -0.4 is 5.32 Å². The molecule has 1 aromatic carbocycles. The van der Waals surface area contributed by atoms with Crippen molar-refractivity contribution in [2.45, 2.75) is 6.42 Å². The van der Waals surface area contributed by atoms with E-state index in [-0.39, 0.29) is 0 Å². The molecule has 74 valence electrons. The molecule has 3 nitrogen and oxygen atoms in total. The topological polar surface area (TPSA) is 38.1 Å². The maximum atomic E-state index is 5.86. The third-order valence-corrected chi connectivity index (χ3v) is 2.43. The summed E-state index contributed by atoms with van der Waals surface area (Å²) in [4.78, 5) is 0. The highest BCUT2D eigenvalue weighted by atomic mass is 35.5. The molecule has 1 heterocycles. The van der Waals surface area contributed by atoms with E-state index in [1.165, 1.54) is 5.56 Å². The third kappa shape index (κ3) is 1.74. The van der Waals surface area contributed by atoms with Crippen LogP contribution in [0.1, 0.15) is 5.56 Å². The summed E-state index contributed by atoms with van der Waals surface area (Å²) in [6.45, 7) is 0.953. The van der Waals surface area contributed by atoms with E-state index in [0.29, 0.717) is 5.15 Å². The van der Waals surface area contributed by atoms with Gasteiger partial charge in [-0.25, -0.2) is 0 Å². The molecule has 0 spiro atoms. The number of likely N-dealkylation sites (N-methyl/N-ethyl adjacent to an activating group) is 1. The molecule has 0 atom stereocenters. The Hall–Kier alpha value is -1.06. The van der Waals surface area contributed by atoms with Gasteiger partial charge in [0.05, 0.1) is 5.39 Å². The molecule has 0 unspecified atom stereocenters. The Morgan fingerprint density at radius 2 is 2.36 bits per heavy atom. The lowest BCUT2D eigenvalue weighted by atomic mass is 10.1. The second-order valence-corrected chi connectivity index (χ2v) is 3.52. The highest BCUT2D eigenvalue weighted by Crippen LogP contribution is 2.23. The normalized spacial score (nSPS) is 11.0. The van der Waals surface area contributed by atoms with E-state index in [1.54, 1.807) is 0 Å². The van der Waals surface area contributed by atoms with Crippen LogP contribution in [0.3, 0.4) is 0 Å². The van der Waals surface area contributed by atoms with Gasteiger partial charge in [-0.3, -0.25) is 0 Å². The molecule has 1 aromatic heterocycles. The molecule has 0 radical (unpaired) electrons. The van der Waals surface area contributed by atoms with Crippen LogP contribution in [-0.4, -0.2) is 18.7 Å². The summed E-state index contributed by atoms with van der Waals surface area (Å²) >= 11 is 5.86. The number of nitrogens with zero attached hydrogens (tertiary/aromatic N) is 1. The third-order valence-electron chi connectivity index (χ3n) is 2.15. The molecule has 1 N–H and O–H groups in total. The predicted molar refractivity (Wildman–Crippen MR) is 56.6 cm³/mol. The van der Waals surface area contributed by atoms with Gasteiger partial charge in [0.15, 0.2) is 10.7 Å². The number of benzene rings is 1. The van der Waals surface area contributed by atoms with Crippen LogP contribution in [0.4, 0.5) is 0 Å². The first kappa shape index (κ1) is 9.49.